The van der Waals surface area contributed by atoms with E-state index in [0.717, 1.165) is 31.6 Å². The zero-order valence-corrected chi connectivity index (χ0v) is 11.4. The molecule has 6 heteroatoms. The first-order chi connectivity index (χ1) is 9.19. The number of carbonyl (C=O) groups is 1. The molecule has 0 radical (unpaired) electrons. The lowest BCUT2D eigenvalue weighted by molar-refractivity contribution is -0.138. The Balaban J connectivity index is 1.89. The molecule has 1 aliphatic heterocycles. The maximum absolute atomic E-state index is 11.0. The highest BCUT2D eigenvalue weighted by Gasteiger charge is 2.19. The second-order valence-electron chi connectivity index (χ2n) is 4.85. The van der Waals surface area contributed by atoms with E-state index in [9.17, 15) is 4.79 Å². The number of hydrogen-bond acceptors (Lipinski definition) is 6. The summed E-state index contributed by atoms with van der Waals surface area (Å²) in [4.78, 5) is 13.3. The molecule has 0 aliphatic carbocycles. The van der Waals surface area contributed by atoms with Crippen molar-refractivity contribution in [3.63, 3.8) is 0 Å². The van der Waals surface area contributed by atoms with Crippen LogP contribution in [0.25, 0.3) is 0 Å². The van der Waals surface area contributed by atoms with E-state index in [2.05, 4.69) is 32.2 Å². The minimum Gasteiger partial charge on any atom is -0.468 e. The van der Waals surface area contributed by atoms with Crippen LogP contribution in [0, 0.1) is 0 Å². The molecule has 0 aromatic carbocycles. The van der Waals surface area contributed by atoms with Crippen LogP contribution in [-0.2, 0) is 9.53 Å². The third-order valence-electron chi connectivity index (χ3n) is 3.46. The SMILES string of the molecule is COC(=O)CNc1ccc(C2CCN(C)CC2)nn1. The van der Waals surface area contributed by atoms with Crippen molar-refractivity contribution in [1.82, 2.24) is 15.1 Å². The van der Waals surface area contributed by atoms with Crippen LogP contribution in [0.4, 0.5) is 5.82 Å². The fourth-order valence-corrected chi connectivity index (χ4v) is 2.19. The van der Waals surface area contributed by atoms with Crippen molar-refractivity contribution in [2.75, 3.05) is 39.1 Å². The van der Waals surface area contributed by atoms with Crippen LogP contribution in [0.2, 0.25) is 0 Å². The van der Waals surface area contributed by atoms with Gasteiger partial charge in [0, 0.05) is 5.92 Å². The number of aromatic nitrogens is 2. The van der Waals surface area contributed by atoms with Crippen LogP contribution in [0.3, 0.4) is 0 Å². The zero-order valence-electron chi connectivity index (χ0n) is 11.4. The van der Waals surface area contributed by atoms with Crippen LogP contribution in [0.15, 0.2) is 12.1 Å². The van der Waals surface area contributed by atoms with Gasteiger partial charge >= 0.3 is 5.97 Å². The maximum atomic E-state index is 11.0. The van der Waals surface area contributed by atoms with E-state index < -0.39 is 0 Å². The van der Waals surface area contributed by atoms with Crippen molar-refractivity contribution >= 4 is 11.8 Å². The van der Waals surface area contributed by atoms with Crippen molar-refractivity contribution in [3.8, 4) is 0 Å². The van der Waals surface area contributed by atoms with Crippen molar-refractivity contribution in [3.05, 3.63) is 17.8 Å². The Morgan fingerprint density at radius 2 is 2.16 bits per heavy atom. The summed E-state index contributed by atoms with van der Waals surface area (Å²) in [5, 5.41) is 11.2. The number of methoxy groups -OCH3 is 1. The number of ether oxygens (including phenoxy) is 1. The predicted molar refractivity (Wildman–Crippen MR) is 72.0 cm³/mol. The molecule has 1 aliphatic rings. The molecule has 0 unspecified atom stereocenters. The second-order valence-corrected chi connectivity index (χ2v) is 4.85. The quantitative estimate of drug-likeness (QED) is 0.814. The zero-order chi connectivity index (χ0) is 13.7. The average Bonchev–Trinajstić information content (AvgIpc) is 2.46. The molecule has 0 amide bonds. The molecule has 1 fully saturated rings. The molecule has 2 rings (SSSR count). The van der Waals surface area contributed by atoms with Gasteiger partial charge in [0.15, 0.2) is 0 Å². The molecule has 104 valence electrons. The second kappa shape index (κ2) is 6.47. The summed E-state index contributed by atoms with van der Waals surface area (Å²) in [7, 11) is 3.50. The molecule has 1 aromatic heterocycles. The first-order valence-electron chi connectivity index (χ1n) is 6.52. The molecule has 2 heterocycles. The standard InChI is InChI=1S/C13H20N4O2/c1-17-7-5-10(6-8-17)11-3-4-12(16-15-11)14-9-13(18)19-2/h3-4,10H,5-9H2,1-2H3,(H,14,16). The topological polar surface area (TPSA) is 67.3 Å². The molecule has 1 saturated heterocycles. The molecule has 6 nitrogen and oxygen atoms in total. The largest absolute Gasteiger partial charge is 0.468 e. The number of rotatable bonds is 4. The fraction of sp³-hybridized carbons (Fsp3) is 0.615. The minimum absolute atomic E-state index is 0.110. The maximum Gasteiger partial charge on any atom is 0.325 e. The highest BCUT2D eigenvalue weighted by Crippen LogP contribution is 2.25. The van der Waals surface area contributed by atoms with Gasteiger partial charge in [-0.25, -0.2) is 0 Å². The van der Waals surface area contributed by atoms with E-state index in [1.165, 1.54) is 7.11 Å². The molecule has 0 spiro atoms. The molecule has 0 bridgehead atoms. The van der Waals surface area contributed by atoms with Gasteiger partial charge in [-0.1, -0.05) is 0 Å². The Hall–Kier alpha value is -1.69. The van der Waals surface area contributed by atoms with Gasteiger partial charge in [-0.3, -0.25) is 4.79 Å². The van der Waals surface area contributed by atoms with E-state index in [-0.39, 0.29) is 12.5 Å². The van der Waals surface area contributed by atoms with Crippen LogP contribution < -0.4 is 5.32 Å². The van der Waals surface area contributed by atoms with E-state index >= 15 is 0 Å². The molecule has 0 saturated carbocycles. The third kappa shape index (κ3) is 3.89. The van der Waals surface area contributed by atoms with E-state index in [1.807, 2.05) is 12.1 Å². The molecule has 19 heavy (non-hydrogen) atoms. The summed E-state index contributed by atoms with van der Waals surface area (Å²) >= 11 is 0. The van der Waals surface area contributed by atoms with Crippen LogP contribution in [-0.4, -0.2) is 54.9 Å². The van der Waals surface area contributed by atoms with Crippen molar-refractivity contribution in [1.29, 1.82) is 0 Å². The smallest absolute Gasteiger partial charge is 0.325 e. The Morgan fingerprint density at radius 1 is 1.42 bits per heavy atom. The lowest BCUT2D eigenvalue weighted by Gasteiger charge is -2.28. The third-order valence-corrected chi connectivity index (χ3v) is 3.46. The molecular weight excluding hydrogens is 244 g/mol. The summed E-state index contributed by atoms with van der Waals surface area (Å²) in [5.41, 5.74) is 1.04. The summed E-state index contributed by atoms with van der Waals surface area (Å²) in [6, 6.07) is 3.85. The van der Waals surface area contributed by atoms with Gasteiger partial charge in [0.1, 0.15) is 12.4 Å². The van der Waals surface area contributed by atoms with Crippen LogP contribution >= 0.6 is 0 Å². The van der Waals surface area contributed by atoms with Gasteiger partial charge < -0.3 is 15.0 Å². The van der Waals surface area contributed by atoms with Crippen molar-refractivity contribution in [2.45, 2.75) is 18.8 Å². The normalized spacial score (nSPS) is 17.2. The van der Waals surface area contributed by atoms with Crippen molar-refractivity contribution < 1.29 is 9.53 Å². The predicted octanol–water partition coefficient (Wildman–Crippen LogP) is 0.871. The first-order valence-corrected chi connectivity index (χ1v) is 6.52. The molecule has 1 N–H and O–H groups in total. The highest BCUT2D eigenvalue weighted by atomic mass is 16.5. The number of nitrogens with zero attached hydrogens (tertiary/aromatic N) is 3. The van der Waals surface area contributed by atoms with Gasteiger partial charge in [-0.05, 0) is 45.1 Å². The van der Waals surface area contributed by atoms with E-state index in [4.69, 9.17) is 0 Å². The number of likely N-dealkylation sites (tertiary alicyclic amines) is 1. The molecule has 0 atom stereocenters. The highest BCUT2D eigenvalue weighted by molar-refractivity contribution is 5.74. The van der Waals surface area contributed by atoms with Gasteiger partial charge in [-0.15, -0.1) is 5.10 Å². The number of anilines is 1. The summed E-state index contributed by atoms with van der Waals surface area (Å²) in [5.74, 6) is 0.779. The Bertz CT molecular complexity index is 413. The fourth-order valence-electron chi connectivity index (χ4n) is 2.19. The van der Waals surface area contributed by atoms with E-state index in [1.54, 1.807) is 0 Å². The number of piperidine rings is 1. The van der Waals surface area contributed by atoms with Crippen LogP contribution in [0.1, 0.15) is 24.5 Å². The van der Waals surface area contributed by atoms with E-state index in [0.29, 0.717) is 11.7 Å². The van der Waals surface area contributed by atoms with Gasteiger partial charge in [-0.2, -0.15) is 5.10 Å². The van der Waals surface area contributed by atoms with Gasteiger partial charge in [0.2, 0.25) is 0 Å². The number of hydrogen-bond donors (Lipinski definition) is 1. The van der Waals surface area contributed by atoms with Crippen molar-refractivity contribution in [2.24, 2.45) is 0 Å². The van der Waals surface area contributed by atoms with Gasteiger partial charge in [0.05, 0.1) is 12.8 Å². The molecule has 1 aromatic rings. The number of esters is 1. The lowest BCUT2D eigenvalue weighted by Crippen LogP contribution is -2.29. The lowest BCUT2D eigenvalue weighted by atomic mass is 9.94. The van der Waals surface area contributed by atoms with Crippen LogP contribution in [0.5, 0.6) is 0 Å². The van der Waals surface area contributed by atoms with Gasteiger partial charge in [0.25, 0.3) is 0 Å². The number of carbonyl (C=O) groups excluding carboxylic acids is 1. The Morgan fingerprint density at radius 3 is 2.74 bits per heavy atom. The Labute approximate surface area is 113 Å². The number of nitrogens with one attached hydrogen (secondary N) is 1. The Kier molecular flexibility index (Phi) is 4.68. The average molecular weight is 264 g/mol. The first kappa shape index (κ1) is 13.7. The summed E-state index contributed by atoms with van der Waals surface area (Å²) < 4.78 is 4.55. The summed E-state index contributed by atoms with van der Waals surface area (Å²) in [6.45, 7) is 2.32. The minimum atomic E-state index is -0.318. The summed E-state index contributed by atoms with van der Waals surface area (Å²) in [6.07, 6.45) is 2.25. The molecular formula is C13H20N4O2. The monoisotopic (exact) mass is 264 g/mol.